The van der Waals surface area contributed by atoms with E-state index in [1.54, 1.807) is 12.5 Å². The van der Waals surface area contributed by atoms with Crippen LogP contribution < -0.4 is 0 Å². The van der Waals surface area contributed by atoms with Crippen molar-refractivity contribution < 1.29 is 5.11 Å². The van der Waals surface area contributed by atoms with Crippen LogP contribution in [0.2, 0.25) is 0 Å². The van der Waals surface area contributed by atoms with Gasteiger partial charge in [-0.15, -0.1) is 0 Å². The fourth-order valence-corrected chi connectivity index (χ4v) is 2.24. The Morgan fingerprint density at radius 3 is 2.58 bits per heavy atom. The standard InChI is InChI=1S/C16H22N2O/c1-12-7-13(15(19)10-16(2,3)4)9-14(8-12)18-6-5-17-11-18/h5-9,11,15,19H,10H2,1-4H3. The third-order valence-electron chi connectivity index (χ3n) is 3.08. The van der Waals surface area contributed by atoms with Crippen molar-refractivity contribution in [3.05, 3.63) is 48.0 Å². The summed E-state index contributed by atoms with van der Waals surface area (Å²) < 4.78 is 1.96. The van der Waals surface area contributed by atoms with Crippen molar-refractivity contribution in [2.45, 2.75) is 40.2 Å². The van der Waals surface area contributed by atoms with E-state index in [9.17, 15) is 5.11 Å². The van der Waals surface area contributed by atoms with Gasteiger partial charge in [0.05, 0.1) is 12.4 Å². The van der Waals surface area contributed by atoms with Gasteiger partial charge in [0.2, 0.25) is 0 Å². The first-order valence-corrected chi connectivity index (χ1v) is 6.63. The first-order chi connectivity index (χ1) is 8.85. The van der Waals surface area contributed by atoms with Crippen molar-refractivity contribution in [1.82, 2.24) is 9.55 Å². The van der Waals surface area contributed by atoms with Gasteiger partial charge in [-0.3, -0.25) is 0 Å². The number of nitrogens with zero attached hydrogens (tertiary/aromatic N) is 2. The Hall–Kier alpha value is -1.61. The smallest absolute Gasteiger partial charge is 0.0991 e. The SMILES string of the molecule is Cc1cc(C(O)CC(C)(C)C)cc(-n2ccnc2)c1. The van der Waals surface area contributed by atoms with Crippen LogP contribution in [-0.2, 0) is 0 Å². The quantitative estimate of drug-likeness (QED) is 0.912. The van der Waals surface area contributed by atoms with Crippen molar-refractivity contribution in [2.75, 3.05) is 0 Å². The number of aliphatic hydroxyl groups excluding tert-OH is 1. The molecule has 1 atom stereocenters. The van der Waals surface area contributed by atoms with Crippen LogP contribution in [0, 0.1) is 12.3 Å². The highest BCUT2D eigenvalue weighted by molar-refractivity contribution is 5.40. The van der Waals surface area contributed by atoms with E-state index in [0.29, 0.717) is 0 Å². The summed E-state index contributed by atoms with van der Waals surface area (Å²) in [7, 11) is 0. The average molecular weight is 258 g/mol. The lowest BCUT2D eigenvalue weighted by Gasteiger charge is -2.23. The van der Waals surface area contributed by atoms with Crippen molar-refractivity contribution >= 4 is 0 Å². The van der Waals surface area contributed by atoms with Crippen molar-refractivity contribution in [3.8, 4) is 5.69 Å². The lowest BCUT2D eigenvalue weighted by atomic mass is 9.86. The van der Waals surface area contributed by atoms with Gasteiger partial charge in [-0.25, -0.2) is 4.98 Å². The topological polar surface area (TPSA) is 38.0 Å². The molecule has 0 fully saturated rings. The summed E-state index contributed by atoms with van der Waals surface area (Å²) in [5.74, 6) is 0. The summed E-state index contributed by atoms with van der Waals surface area (Å²) in [6, 6.07) is 6.18. The maximum absolute atomic E-state index is 10.4. The second-order valence-corrected chi connectivity index (χ2v) is 6.35. The van der Waals surface area contributed by atoms with Gasteiger partial charge in [-0.1, -0.05) is 26.8 Å². The number of aromatic nitrogens is 2. The monoisotopic (exact) mass is 258 g/mol. The van der Waals surface area contributed by atoms with Crippen LogP contribution in [0.1, 0.15) is 44.4 Å². The average Bonchev–Trinajstić information content (AvgIpc) is 2.79. The molecular weight excluding hydrogens is 236 g/mol. The van der Waals surface area contributed by atoms with E-state index in [2.05, 4.69) is 37.9 Å². The van der Waals surface area contributed by atoms with E-state index in [1.165, 1.54) is 0 Å². The molecule has 2 rings (SSSR count). The van der Waals surface area contributed by atoms with E-state index in [0.717, 1.165) is 23.2 Å². The molecule has 102 valence electrons. The number of benzene rings is 1. The fourth-order valence-electron chi connectivity index (χ4n) is 2.24. The van der Waals surface area contributed by atoms with Gasteiger partial charge < -0.3 is 9.67 Å². The number of rotatable bonds is 3. The zero-order chi connectivity index (χ0) is 14.0. The number of imidazole rings is 1. The molecule has 0 aliphatic carbocycles. The molecule has 0 spiro atoms. The highest BCUT2D eigenvalue weighted by Crippen LogP contribution is 2.30. The predicted molar refractivity (Wildman–Crippen MR) is 77.3 cm³/mol. The second-order valence-electron chi connectivity index (χ2n) is 6.35. The Morgan fingerprint density at radius 2 is 2.00 bits per heavy atom. The van der Waals surface area contributed by atoms with Gasteiger partial charge >= 0.3 is 0 Å². The minimum absolute atomic E-state index is 0.109. The molecule has 0 aliphatic heterocycles. The Balaban J connectivity index is 2.32. The maximum Gasteiger partial charge on any atom is 0.0991 e. The molecule has 1 aromatic heterocycles. The molecule has 0 saturated carbocycles. The zero-order valence-corrected chi connectivity index (χ0v) is 12.1. The molecule has 1 unspecified atom stereocenters. The van der Waals surface area contributed by atoms with E-state index in [-0.39, 0.29) is 5.41 Å². The predicted octanol–water partition coefficient (Wildman–Crippen LogP) is 3.65. The molecule has 1 aromatic carbocycles. The van der Waals surface area contributed by atoms with Crippen LogP contribution in [-0.4, -0.2) is 14.7 Å². The molecule has 19 heavy (non-hydrogen) atoms. The van der Waals surface area contributed by atoms with E-state index in [1.807, 2.05) is 23.8 Å². The van der Waals surface area contributed by atoms with Crippen LogP contribution in [0.4, 0.5) is 0 Å². The summed E-state index contributed by atoms with van der Waals surface area (Å²) in [6.45, 7) is 8.47. The number of aryl methyl sites for hydroxylation is 1. The van der Waals surface area contributed by atoms with E-state index >= 15 is 0 Å². The largest absolute Gasteiger partial charge is 0.388 e. The minimum Gasteiger partial charge on any atom is -0.388 e. The van der Waals surface area contributed by atoms with Crippen LogP contribution >= 0.6 is 0 Å². The lowest BCUT2D eigenvalue weighted by Crippen LogP contribution is -2.12. The number of hydrogen-bond donors (Lipinski definition) is 1. The Bertz CT molecular complexity index is 538. The van der Waals surface area contributed by atoms with Crippen LogP contribution in [0.15, 0.2) is 36.9 Å². The summed E-state index contributed by atoms with van der Waals surface area (Å²) in [5, 5.41) is 10.4. The Labute approximate surface area is 114 Å². The van der Waals surface area contributed by atoms with Gasteiger partial charge in [0.25, 0.3) is 0 Å². The first kappa shape index (κ1) is 13.8. The third-order valence-corrected chi connectivity index (χ3v) is 3.08. The van der Waals surface area contributed by atoms with Gasteiger partial charge in [0.1, 0.15) is 0 Å². The van der Waals surface area contributed by atoms with Crippen LogP contribution in [0.5, 0.6) is 0 Å². The normalized spacial score (nSPS) is 13.5. The highest BCUT2D eigenvalue weighted by atomic mass is 16.3. The van der Waals surface area contributed by atoms with Gasteiger partial charge in [-0.05, 0) is 42.0 Å². The Morgan fingerprint density at radius 1 is 1.26 bits per heavy atom. The second kappa shape index (κ2) is 5.17. The summed E-state index contributed by atoms with van der Waals surface area (Å²) in [5.41, 5.74) is 3.27. The zero-order valence-electron chi connectivity index (χ0n) is 12.1. The van der Waals surface area contributed by atoms with Crippen LogP contribution in [0.25, 0.3) is 5.69 Å². The number of hydrogen-bond acceptors (Lipinski definition) is 2. The summed E-state index contributed by atoms with van der Waals surface area (Å²) in [4.78, 5) is 4.06. The summed E-state index contributed by atoms with van der Waals surface area (Å²) in [6.07, 6.45) is 5.76. The lowest BCUT2D eigenvalue weighted by molar-refractivity contribution is 0.122. The summed E-state index contributed by atoms with van der Waals surface area (Å²) >= 11 is 0. The maximum atomic E-state index is 10.4. The van der Waals surface area contributed by atoms with E-state index < -0.39 is 6.10 Å². The van der Waals surface area contributed by atoms with Gasteiger partial charge in [0, 0.05) is 18.1 Å². The molecule has 0 aliphatic rings. The molecule has 2 aromatic rings. The van der Waals surface area contributed by atoms with Gasteiger partial charge in [0.15, 0.2) is 0 Å². The fraction of sp³-hybridized carbons (Fsp3) is 0.438. The molecule has 3 nitrogen and oxygen atoms in total. The molecule has 0 bridgehead atoms. The molecule has 3 heteroatoms. The molecular formula is C16H22N2O. The Kier molecular flexibility index (Phi) is 3.76. The molecule has 0 saturated heterocycles. The molecule has 0 amide bonds. The van der Waals surface area contributed by atoms with E-state index in [4.69, 9.17) is 0 Å². The van der Waals surface area contributed by atoms with Crippen molar-refractivity contribution in [2.24, 2.45) is 5.41 Å². The highest BCUT2D eigenvalue weighted by Gasteiger charge is 2.18. The van der Waals surface area contributed by atoms with Crippen LogP contribution in [0.3, 0.4) is 0 Å². The van der Waals surface area contributed by atoms with Crippen molar-refractivity contribution in [1.29, 1.82) is 0 Å². The number of aliphatic hydroxyl groups is 1. The van der Waals surface area contributed by atoms with Gasteiger partial charge in [-0.2, -0.15) is 0 Å². The molecule has 1 heterocycles. The minimum atomic E-state index is -0.429. The first-order valence-electron chi connectivity index (χ1n) is 6.63. The molecule has 0 radical (unpaired) electrons. The third kappa shape index (κ3) is 3.67. The van der Waals surface area contributed by atoms with Crippen molar-refractivity contribution in [3.63, 3.8) is 0 Å². The molecule has 1 N–H and O–H groups in total.